The van der Waals surface area contributed by atoms with E-state index < -0.39 is 0 Å². The van der Waals surface area contributed by atoms with Crippen molar-refractivity contribution in [2.75, 3.05) is 13.2 Å². The first kappa shape index (κ1) is 15.6. The first-order valence-electron chi connectivity index (χ1n) is 6.32. The fraction of sp³-hybridized carbons (Fsp3) is 0.571. The Morgan fingerprint density at radius 1 is 1.39 bits per heavy atom. The summed E-state index contributed by atoms with van der Waals surface area (Å²) in [6.45, 7) is 6.91. The second-order valence-corrected chi connectivity index (χ2v) is 5.77. The minimum Gasteiger partial charge on any atom is -0.396 e. The number of nitrogens with one attached hydrogen (secondary N) is 1. The molecule has 3 unspecified atom stereocenters. The number of hydrogen-bond donors (Lipinski definition) is 3. The lowest BCUT2D eigenvalue weighted by Gasteiger charge is -2.26. The van der Waals surface area contributed by atoms with Crippen molar-refractivity contribution in [2.24, 2.45) is 11.7 Å². The Kier molecular flexibility index (Phi) is 6.29. The van der Waals surface area contributed by atoms with Gasteiger partial charge in [0.2, 0.25) is 0 Å². The van der Waals surface area contributed by atoms with Crippen LogP contribution >= 0.6 is 15.9 Å². The molecule has 0 saturated heterocycles. The van der Waals surface area contributed by atoms with Crippen LogP contribution in [0.15, 0.2) is 22.7 Å². The summed E-state index contributed by atoms with van der Waals surface area (Å²) >= 11 is 3.50. The standard InChI is InChI=1S/C14H23BrN2O/c1-9-6-12(4-5-13(9)15)14(7-16)17-11(3)10(2)8-18/h4-6,10-11,14,17-18H,7-8,16H2,1-3H3. The summed E-state index contributed by atoms with van der Waals surface area (Å²) in [6.07, 6.45) is 0. The van der Waals surface area contributed by atoms with E-state index in [0.29, 0.717) is 6.54 Å². The average molecular weight is 315 g/mol. The third-order valence-electron chi connectivity index (χ3n) is 3.43. The molecule has 0 amide bonds. The van der Waals surface area contributed by atoms with Gasteiger partial charge in [-0.1, -0.05) is 35.0 Å². The molecular formula is C14H23BrN2O. The van der Waals surface area contributed by atoms with E-state index in [2.05, 4.69) is 53.3 Å². The number of nitrogens with two attached hydrogens (primary N) is 1. The molecule has 3 nitrogen and oxygen atoms in total. The van der Waals surface area contributed by atoms with Gasteiger partial charge in [0.05, 0.1) is 0 Å². The van der Waals surface area contributed by atoms with Crippen molar-refractivity contribution < 1.29 is 5.11 Å². The van der Waals surface area contributed by atoms with Gasteiger partial charge < -0.3 is 16.2 Å². The molecule has 0 saturated carbocycles. The first-order chi connectivity index (χ1) is 8.49. The lowest BCUT2D eigenvalue weighted by Crippen LogP contribution is -2.39. The molecule has 102 valence electrons. The molecule has 1 rings (SSSR count). The van der Waals surface area contributed by atoms with Gasteiger partial charge in [0.1, 0.15) is 0 Å². The largest absolute Gasteiger partial charge is 0.396 e. The number of aliphatic hydroxyl groups is 1. The normalized spacial score (nSPS) is 16.3. The van der Waals surface area contributed by atoms with Gasteiger partial charge >= 0.3 is 0 Å². The highest BCUT2D eigenvalue weighted by Gasteiger charge is 2.17. The number of halogens is 1. The highest BCUT2D eigenvalue weighted by molar-refractivity contribution is 9.10. The molecule has 0 aliphatic carbocycles. The van der Waals surface area contributed by atoms with Gasteiger partial charge in [-0.2, -0.15) is 0 Å². The fourth-order valence-corrected chi connectivity index (χ4v) is 2.07. The van der Waals surface area contributed by atoms with Gasteiger partial charge in [0.25, 0.3) is 0 Å². The fourth-order valence-electron chi connectivity index (χ4n) is 1.82. The molecule has 1 aromatic rings. The van der Waals surface area contributed by atoms with Crippen LogP contribution in [-0.4, -0.2) is 24.3 Å². The van der Waals surface area contributed by atoms with Gasteiger partial charge in [0.15, 0.2) is 0 Å². The molecular weight excluding hydrogens is 292 g/mol. The molecule has 4 heteroatoms. The maximum absolute atomic E-state index is 9.16. The van der Waals surface area contributed by atoms with Crippen LogP contribution in [0.2, 0.25) is 0 Å². The van der Waals surface area contributed by atoms with Crippen molar-refractivity contribution >= 4 is 15.9 Å². The van der Waals surface area contributed by atoms with E-state index >= 15 is 0 Å². The smallest absolute Gasteiger partial charge is 0.0471 e. The Morgan fingerprint density at radius 2 is 2.06 bits per heavy atom. The highest BCUT2D eigenvalue weighted by Crippen LogP contribution is 2.21. The number of hydrogen-bond acceptors (Lipinski definition) is 3. The SMILES string of the molecule is Cc1cc(C(CN)NC(C)C(C)CO)ccc1Br. The lowest BCUT2D eigenvalue weighted by atomic mass is 10.00. The molecule has 0 fully saturated rings. The monoisotopic (exact) mass is 314 g/mol. The van der Waals surface area contributed by atoms with Crippen LogP contribution in [0, 0.1) is 12.8 Å². The quantitative estimate of drug-likeness (QED) is 0.755. The van der Waals surface area contributed by atoms with Gasteiger partial charge in [-0.3, -0.25) is 0 Å². The van der Waals surface area contributed by atoms with Crippen LogP contribution in [0.4, 0.5) is 0 Å². The van der Waals surface area contributed by atoms with Crippen molar-refractivity contribution in [2.45, 2.75) is 32.9 Å². The predicted octanol–water partition coefficient (Wildman–Crippen LogP) is 2.36. The Balaban J connectivity index is 2.79. The van der Waals surface area contributed by atoms with E-state index in [-0.39, 0.29) is 24.6 Å². The highest BCUT2D eigenvalue weighted by atomic mass is 79.9. The summed E-state index contributed by atoms with van der Waals surface area (Å²) in [5, 5.41) is 12.6. The maximum Gasteiger partial charge on any atom is 0.0471 e. The second-order valence-electron chi connectivity index (χ2n) is 4.91. The van der Waals surface area contributed by atoms with E-state index in [1.165, 1.54) is 11.1 Å². The summed E-state index contributed by atoms with van der Waals surface area (Å²) in [6, 6.07) is 6.63. The number of aryl methyl sites for hydroxylation is 1. The topological polar surface area (TPSA) is 58.3 Å². The van der Waals surface area contributed by atoms with Gasteiger partial charge in [0, 0.05) is 29.7 Å². The summed E-state index contributed by atoms with van der Waals surface area (Å²) in [7, 11) is 0. The Morgan fingerprint density at radius 3 is 2.56 bits per heavy atom. The lowest BCUT2D eigenvalue weighted by molar-refractivity contribution is 0.201. The Bertz CT molecular complexity index is 384. The van der Waals surface area contributed by atoms with Crippen LogP contribution in [0.3, 0.4) is 0 Å². The number of benzene rings is 1. The Labute approximate surface area is 118 Å². The summed E-state index contributed by atoms with van der Waals surface area (Å²) < 4.78 is 1.11. The number of rotatable bonds is 6. The molecule has 1 aromatic carbocycles. The van der Waals surface area contributed by atoms with Crippen molar-refractivity contribution in [3.8, 4) is 0 Å². The Hall–Kier alpha value is -0.420. The zero-order valence-corrected chi connectivity index (χ0v) is 12.9. The van der Waals surface area contributed by atoms with Crippen LogP contribution in [0.1, 0.15) is 31.0 Å². The van der Waals surface area contributed by atoms with Crippen LogP contribution < -0.4 is 11.1 Å². The van der Waals surface area contributed by atoms with Crippen molar-refractivity contribution in [1.82, 2.24) is 5.32 Å². The third kappa shape index (κ3) is 4.05. The predicted molar refractivity (Wildman–Crippen MR) is 79.5 cm³/mol. The summed E-state index contributed by atoms with van der Waals surface area (Å²) in [4.78, 5) is 0. The summed E-state index contributed by atoms with van der Waals surface area (Å²) in [5.41, 5.74) is 8.24. The minimum atomic E-state index is 0.126. The number of aliphatic hydroxyl groups excluding tert-OH is 1. The molecule has 0 aromatic heterocycles. The van der Waals surface area contributed by atoms with Crippen LogP contribution in [-0.2, 0) is 0 Å². The molecule has 0 heterocycles. The molecule has 4 N–H and O–H groups in total. The van der Waals surface area contributed by atoms with E-state index in [4.69, 9.17) is 10.8 Å². The zero-order chi connectivity index (χ0) is 13.7. The van der Waals surface area contributed by atoms with E-state index in [9.17, 15) is 0 Å². The molecule has 0 spiro atoms. The molecule has 0 radical (unpaired) electrons. The van der Waals surface area contributed by atoms with Crippen molar-refractivity contribution in [1.29, 1.82) is 0 Å². The van der Waals surface area contributed by atoms with Crippen molar-refractivity contribution in [3.05, 3.63) is 33.8 Å². The van der Waals surface area contributed by atoms with Crippen LogP contribution in [0.5, 0.6) is 0 Å². The molecule has 0 aliphatic rings. The van der Waals surface area contributed by atoms with Crippen LogP contribution in [0.25, 0.3) is 0 Å². The van der Waals surface area contributed by atoms with Gasteiger partial charge in [-0.05, 0) is 37.0 Å². The van der Waals surface area contributed by atoms with E-state index in [1.807, 2.05) is 6.92 Å². The molecule has 18 heavy (non-hydrogen) atoms. The zero-order valence-electron chi connectivity index (χ0n) is 11.3. The average Bonchev–Trinajstić information content (AvgIpc) is 2.38. The molecule has 0 aliphatic heterocycles. The second kappa shape index (κ2) is 7.24. The molecule has 3 atom stereocenters. The molecule has 0 bridgehead atoms. The van der Waals surface area contributed by atoms with E-state index in [1.54, 1.807) is 0 Å². The minimum absolute atomic E-state index is 0.126. The maximum atomic E-state index is 9.16. The van der Waals surface area contributed by atoms with Crippen molar-refractivity contribution in [3.63, 3.8) is 0 Å². The first-order valence-corrected chi connectivity index (χ1v) is 7.12. The van der Waals surface area contributed by atoms with E-state index in [0.717, 1.165) is 4.47 Å². The van der Waals surface area contributed by atoms with Gasteiger partial charge in [-0.25, -0.2) is 0 Å². The third-order valence-corrected chi connectivity index (χ3v) is 4.32. The summed E-state index contributed by atoms with van der Waals surface area (Å²) in [5.74, 6) is 0.218. The van der Waals surface area contributed by atoms with Gasteiger partial charge in [-0.15, -0.1) is 0 Å².